The number of carbonyl (C=O) groups excluding carboxylic acids is 5. The van der Waals surface area contributed by atoms with Gasteiger partial charge >= 0.3 is 18.0 Å². The lowest BCUT2D eigenvalue weighted by Gasteiger charge is -2.31. The number of hydrazine groups is 1. The minimum absolute atomic E-state index is 0.107. The van der Waals surface area contributed by atoms with Crippen molar-refractivity contribution < 1.29 is 33.4 Å². The van der Waals surface area contributed by atoms with Crippen molar-refractivity contribution >= 4 is 29.8 Å². The fraction of sp³-hybridized carbons (Fsp3) is 0.321. The summed E-state index contributed by atoms with van der Waals surface area (Å²) in [5, 5.41) is 4.24. The third kappa shape index (κ3) is 7.06. The highest BCUT2D eigenvalue weighted by Crippen LogP contribution is 2.25. The topological polar surface area (TPSA) is 122 Å². The van der Waals surface area contributed by atoms with E-state index in [4.69, 9.17) is 9.47 Å². The second kappa shape index (κ2) is 12.2. The van der Waals surface area contributed by atoms with Crippen LogP contribution in [0.15, 0.2) is 67.3 Å². The standard InChI is InChI=1S/C28H31N3O7/c1-5-17-37-26(35)22(15-16-23(32)38-28(2,3)4)29-27(36)30(18-19-11-7-6-8-12-19)31-24(33)20-13-9-10-14-21(20)25(31)34/h5-14,22H,1,15-18H2,2-4H3,(H,29,36)/t22-/m0/s1. The van der Waals surface area contributed by atoms with Gasteiger partial charge in [-0.05, 0) is 44.9 Å². The minimum atomic E-state index is -1.26. The van der Waals surface area contributed by atoms with E-state index < -0.39 is 41.4 Å². The maximum Gasteiger partial charge on any atom is 0.337 e. The number of esters is 2. The average Bonchev–Trinajstić information content (AvgIpc) is 3.12. The summed E-state index contributed by atoms with van der Waals surface area (Å²) in [5.41, 5.74) is 0.237. The molecule has 10 nitrogen and oxygen atoms in total. The van der Waals surface area contributed by atoms with Crippen molar-refractivity contribution in [2.24, 2.45) is 0 Å². The number of carbonyl (C=O) groups is 5. The first-order valence-corrected chi connectivity index (χ1v) is 12.1. The number of imide groups is 1. The monoisotopic (exact) mass is 521 g/mol. The fourth-order valence-electron chi connectivity index (χ4n) is 3.75. The third-order valence-corrected chi connectivity index (χ3v) is 5.41. The highest BCUT2D eigenvalue weighted by Gasteiger charge is 2.42. The van der Waals surface area contributed by atoms with Crippen LogP contribution in [0.3, 0.4) is 0 Å². The van der Waals surface area contributed by atoms with Crippen molar-refractivity contribution in [3.8, 4) is 0 Å². The van der Waals surface area contributed by atoms with Crippen LogP contribution >= 0.6 is 0 Å². The molecule has 0 fully saturated rings. The van der Waals surface area contributed by atoms with Crippen LogP contribution in [0.2, 0.25) is 0 Å². The second-order valence-corrected chi connectivity index (χ2v) is 9.56. The predicted octanol–water partition coefficient (Wildman–Crippen LogP) is 3.63. The molecule has 2 aromatic carbocycles. The number of hydrogen-bond acceptors (Lipinski definition) is 7. The van der Waals surface area contributed by atoms with Gasteiger partial charge in [0, 0.05) is 6.42 Å². The van der Waals surface area contributed by atoms with E-state index in [-0.39, 0.29) is 37.1 Å². The molecule has 0 spiro atoms. The molecule has 3 rings (SSSR count). The number of benzene rings is 2. The zero-order chi connectivity index (χ0) is 27.9. The van der Waals surface area contributed by atoms with E-state index in [1.807, 2.05) is 0 Å². The molecule has 1 heterocycles. The van der Waals surface area contributed by atoms with Gasteiger partial charge in [0.2, 0.25) is 0 Å². The summed E-state index contributed by atoms with van der Waals surface area (Å²) in [4.78, 5) is 64.9. The van der Waals surface area contributed by atoms with Gasteiger partial charge < -0.3 is 14.8 Å². The Kier molecular flexibility index (Phi) is 9.01. The lowest BCUT2D eigenvalue weighted by Crippen LogP contribution is -2.56. The van der Waals surface area contributed by atoms with E-state index >= 15 is 0 Å². The first-order chi connectivity index (χ1) is 18.0. The number of nitrogens with one attached hydrogen (secondary N) is 1. The lowest BCUT2D eigenvalue weighted by molar-refractivity contribution is -0.155. The highest BCUT2D eigenvalue weighted by molar-refractivity contribution is 6.21. The number of urea groups is 1. The predicted molar refractivity (Wildman–Crippen MR) is 137 cm³/mol. The summed E-state index contributed by atoms with van der Waals surface area (Å²) in [7, 11) is 0. The molecule has 0 unspecified atom stereocenters. The summed E-state index contributed by atoms with van der Waals surface area (Å²) >= 11 is 0. The normalized spacial score (nSPS) is 13.4. The van der Waals surface area contributed by atoms with Crippen molar-refractivity contribution in [2.45, 2.75) is 51.8 Å². The van der Waals surface area contributed by atoms with E-state index in [2.05, 4.69) is 11.9 Å². The molecule has 0 aromatic heterocycles. The number of nitrogens with zero attached hydrogens (tertiary/aromatic N) is 2. The Morgan fingerprint density at radius 3 is 2.13 bits per heavy atom. The lowest BCUT2D eigenvalue weighted by atomic mass is 10.1. The molecule has 2 aromatic rings. The van der Waals surface area contributed by atoms with Crippen LogP contribution in [0.25, 0.3) is 0 Å². The van der Waals surface area contributed by atoms with E-state index in [9.17, 15) is 24.0 Å². The van der Waals surface area contributed by atoms with Crippen LogP contribution in [0, 0.1) is 0 Å². The molecule has 0 saturated carbocycles. The van der Waals surface area contributed by atoms with Crippen molar-refractivity contribution in [3.05, 3.63) is 83.9 Å². The minimum Gasteiger partial charge on any atom is -0.460 e. The fourth-order valence-corrected chi connectivity index (χ4v) is 3.75. The van der Waals surface area contributed by atoms with Crippen LogP contribution in [-0.4, -0.2) is 58.1 Å². The highest BCUT2D eigenvalue weighted by atomic mass is 16.6. The third-order valence-electron chi connectivity index (χ3n) is 5.41. The Balaban J connectivity index is 1.87. The SMILES string of the molecule is C=CCOC(=O)[C@H](CCC(=O)OC(C)(C)C)NC(=O)N(Cc1ccccc1)N1C(=O)c2ccccc2C1=O. The van der Waals surface area contributed by atoms with Gasteiger partial charge in [-0.25, -0.2) is 14.6 Å². The molecule has 0 aliphatic carbocycles. The van der Waals surface area contributed by atoms with Gasteiger partial charge in [0.05, 0.1) is 17.7 Å². The second-order valence-electron chi connectivity index (χ2n) is 9.56. The van der Waals surface area contributed by atoms with Crippen molar-refractivity contribution in [1.29, 1.82) is 0 Å². The van der Waals surface area contributed by atoms with Gasteiger partial charge in [0.25, 0.3) is 11.8 Å². The van der Waals surface area contributed by atoms with E-state index in [0.717, 1.165) is 10.0 Å². The molecule has 200 valence electrons. The van der Waals surface area contributed by atoms with Crippen molar-refractivity contribution in [1.82, 2.24) is 15.3 Å². The Morgan fingerprint density at radius 2 is 1.58 bits per heavy atom. The zero-order valence-electron chi connectivity index (χ0n) is 21.6. The molecule has 1 aliphatic rings. The number of rotatable bonds is 10. The zero-order valence-corrected chi connectivity index (χ0v) is 21.6. The Hall–Kier alpha value is -4.47. The number of amides is 4. The van der Waals surface area contributed by atoms with Gasteiger partial charge in [0.1, 0.15) is 18.2 Å². The Bertz CT molecular complexity index is 1190. The van der Waals surface area contributed by atoms with Gasteiger partial charge in [0.15, 0.2) is 0 Å². The maximum absolute atomic E-state index is 13.6. The first-order valence-electron chi connectivity index (χ1n) is 12.1. The van der Waals surface area contributed by atoms with Gasteiger partial charge in [-0.2, -0.15) is 5.01 Å². The summed E-state index contributed by atoms with van der Waals surface area (Å²) in [6, 6.07) is 12.9. The Morgan fingerprint density at radius 1 is 1.00 bits per heavy atom. The van der Waals surface area contributed by atoms with Crippen molar-refractivity contribution in [3.63, 3.8) is 0 Å². The van der Waals surface area contributed by atoms with Crippen LogP contribution in [0.5, 0.6) is 0 Å². The molecule has 1 N–H and O–H groups in total. The first kappa shape index (κ1) is 28.1. The maximum atomic E-state index is 13.6. The van der Waals surface area contributed by atoms with Gasteiger partial charge in [-0.3, -0.25) is 14.4 Å². The van der Waals surface area contributed by atoms with Crippen molar-refractivity contribution in [2.75, 3.05) is 6.61 Å². The van der Waals surface area contributed by atoms with Crippen LogP contribution in [-0.2, 0) is 25.6 Å². The van der Waals surface area contributed by atoms with E-state index in [1.54, 1.807) is 63.2 Å². The molecule has 0 radical (unpaired) electrons. The summed E-state index contributed by atoms with van der Waals surface area (Å²) in [6.07, 6.45) is 1.06. The number of ether oxygens (including phenoxy) is 2. The summed E-state index contributed by atoms with van der Waals surface area (Å²) < 4.78 is 10.4. The molecule has 1 atom stereocenters. The molecular formula is C28H31N3O7. The van der Waals surface area contributed by atoms with Crippen LogP contribution < -0.4 is 5.32 Å². The number of fused-ring (bicyclic) bond motifs is 1. The molecule has 38 heavy (non-hydrogen) atoms. The Labute approximate surface area is 221 Å². The van der Waals surface area contributed by atoms with Crippen LogP contribution in [0.4, 0.5) is 4.79 Å². The summed E-state index contributed by atoms with van der Waals surface area (Å²) in [6.45, 7) is 8.40. The van der Waals surface area contributed by atoms with Crippen LogP contribution in [0.1, 0.15) is 59.9 Å². The molecule has 0 saturated heterocycles. The number of hydrogen-bond donors (Lipinski definition) is 1. The molecule has 4 amide bonds. The van der Waals surface area contributed by atoms with E-state index in [1.165, 1.54) is 18.2 Å². The summed E-state index contributed by atoms with van der Waals surface area (Å²) in [5.74, 6) is -2.70. The molecule has 0 bridgehead atoms. The molecular weight excluding hydrogens is 490 g/mol. The van der Waals surface area contributed by atoms with E-state index in [0.29, 0.717) is 5.56 Å². The molecule has 1 aliphatic heterocycles. The largest absolute Gasteiger partial charge is 0.460 e. The molecule has 10 heteroatoms. The smallest absolute Gasteiger partial charge is 0.337 e. The quantitative estimate of drug-likeness (QED) is 0.288. The van der Waals surface area contributed by atoms with Gasteiger partial charge in [-0.1, -0.05) is 55.1 Å². The average molecular weight is 522 g/mol. The van der Waals surface area contributed by atoms with Gasteiger partial charge in [-0.15, -0.1) is 0 Å².